The first-order chi connectivity index (χ1) is 15.4. The first-order valence-electron chi connectivity index (χ1n) is 11.4. The fourth-order valence-electron chi connectivity index (χ4n) is 4.06. The predicted octanol–water partition coefficient (Wildman–Crippen LogP) is 4.69. The fraction of sp³-hybridized carbons (Fsp3) is 0.462. The Bertz CT molecular complexity index is 940. The van der Waals surface area contributed by atoms with Gasteiger partial charge in [0.1, 0.15) is 17.6 Å². The molecule has 1 aliphatic carbocycles. The molecular formula is C26H33FN2O3. The van der Waals surface area contributed by atoms with E-state index in [0.717, 1.165) is 36.8 Å². The molecule has 6 heteroatoms. The Morgan fingerprint density at radius 3 is 2.53 bits per heavy atom. The summed E-state index contributed by atoms with van der Waals surface area (Å²) in [4.78, 5) is 27.5. The van der Waals surface area contributed by atoms with Crippen LogP contribution in [0.2, 0.25) is 0 Å². The summed E-state index contributed by atoms with van der Waals surface area (Å²) in [5.41, 5.74) is 2.40. The SMILES string of the molecule is Cc1cccc(OCC(=O)N(Cc2ccccc2F)C(C)C(=O)NC2CCCCC2)c1C. The normalized spacial score (nSPS) is 15.1. The number of ether oxygens (including phenoxy) is 1. The van der Waals surface area contributed by atoms with Crippen LogP contribution in [0.1, 0.15) is 55.7 Å². The van der Waals surface area contributed by atoms with Crippen LogP contribution < -0.4 is 10.1 Å². The van der Waals surface area contributed by atoms with E-state index in [0.29, 0.717) is 11.3 Å². The van der Waals surface area contributed by atoms with Crippen molar-refractivity contribution in [3.63, 3.8) is 0 Å². The Morgan fingerprint density at radius 1 is 1.09 bits per heavy atom. The zero-order chi connectivity index (χ0) is 23.1. The van der Waals surface area contributed by atoms with Crippen molar-refractivity contribution in [1.29, 1.82) is 0 Å². The van der Waals surface area contributed by atoms with Crippen molar-refractivity contribution in [2.75, 3.05) is 6.61 Å². The molecule has 2 aromatic rings. The molecule has 1 N–H and O–H groups in total. The average molecular weight is 441 g/mol. The largest absolute Gasteiger partial charge is 0.483 e. The lowest BCUT2D eigenvalue weighted by atomic mass is 9.95. The molecule has 1 unspecified atom stereocenters. The van der Waals surface area contributed by atoms with E-state index in [-0.39, 0.29) is 31.0 Å². The van der Waals surface area contributed by atoms with Crippen molar-refractivity contribution < 1.29 is 18.7 Å². The Morgan fingerprint density at radius 2 is 1.81 bits per heavy atom. The van der Waals surface area contributed by atoms with Crippen molar-refractivity contribution in [3.8, 4) is 5.75 Å². The predicted molar refractivity (Wildman–Crippen MR) is 123 cm³/mol. The van der Waals surface area contributed by atoms with Gasteiger partial charge < -0.3 is 15.0 Å². The molecule has 1 aliphatic rings. The van der Waals surface area contributed by atoms with Gasteiger partial charge in [0.15, 0.2) is 6.61 Å². The second kappa shape index (κ2) is 11.1. The molecule has 0 spiro atoms. The topological polar surface area (TPSA) is 58.6 Å². The van der Waals surface area contributed by atoms with Crippen molar-refractivity contribution in [2.24, 2.45) is 0 Å². The van der Waals surface area contributed by atoms with Crippen molar-refractivity contribution >= 4 is 11.8 Å². The average Bonchev–Trinajstić information content (AvgIpc) is 2.79. The minimum absolute atomic E-state index is 0.000912. The number of hydrogen-bond donors (Lipinski definition) is 1. The maximum Gasteiger partial charge on any atom is 0.261 e. The summed E-state index contributed by atoms with van der Waals surface area (Å²) < 4.78 is 20.1. The molecule has 1 fully saturated rings. The van der Waals surface area contributed by atoms with Gasteiger partial charge in [-0.3, -0.25) is 9.59 Å². The van der Waals surface area contributed by atoms with E-state index in [9.17, 15) is 14.0 Å². The highest BCUT2D eigenvalue weighted by molar-refractivity contribution is 5.88. The van der Waals surface area contributed by atoms with Crippen LogP contribution in [0.3, 0.4) is 0 Å². The summed E-state index contributed by atoms with van der Waals surface area (Å²) >= 11 is 0. The first-order valence-corrected chi connectivity index (χ1v) is 11.4. The van der Waals surface area contributed by atoms with Gasteiger partial charge in [-0.15, -0.1) is 0 Å². The quantitative estimate of drug-likeness (QED) is 0.648. The number of nitrogens with zero attached hydrogens (tertiary/aromatic N) is 1. The Labute approximate surface area is 190 Å². The van der Waals surface area contributed by atoms with Gasteiger partial charge in [0, 0.05) is 18.2 Å². The summed E-state index contributed by atoms with van der Waals surface area (Å²) in [7, 11) is 0. The lowest BCUT2D eigenvalue weighted by molar-refractivity contribution is -0.142. The fourth-order valence-corrected chi connectivity index (χ4v) is 4.06. The maximum atomic E-state index is 14.3. The molecule has 5 nitrogen and oxygen atoms in total. The maximum absolute atomic E-state index is 14.3. The summed E-state index contributed by atoms with van der Waals surface area (Å²) in [5, 5.41) is 3.08. The Kier molecular flexibility index (Phi) is 8.26. The van der Waals surface area contributed by atoms with Crippen LogP contribution in [-0.4, -0.2) is 35.4 Å². The number of carbonyl (C=O) groups is 2. The van der Waals surface area contributed by atoms with E-state index >= 15 is 0 Å². The standard InChI is InChI=1S/C26H33FN2O3/c1-18-10-9-15-24(19(18)2)32-17-25(30)29(16-21-11-7-8-14-23(21)27)20(3)26(31)28-22-12-5-4-6-13-22/h7-11,14-15,20,22H,4-6,12-13,16-17H2,1-3H3,(H,28,31). The summed E-state index contributed by atoms with van der Waals surface area (Å²) in [5.74, 6) is -0.349. The van der Waals surface area contributed by atoms with Crippen molar-refractivity contribution in [1.82, 2.24) is 10.2 Å². The third-order valence-electron chi connectivity index (χ3n) is 6.32. The molecule has 0 bridgehead atoms. The number of benzene rings is 2. The smallest absolute Gasteiger partial charge is 0.261 e. The molecule has 0 aromatic heterocycles. The number of nitrogens with one attached hydrogen (secondary N) is 1. The van der Waals surface area contributed by atoms with Crippen LogP contribution in [0.4, 0.5) is 4.39 Å². The van der Waals surface area contributed by atoms with Crippen LogP contribution in [-0.2, 0) is 16.1 Å². The molecule has 32 heavy (non-hydrogen) atoms. The summed E-state index contributed by atoms with van der Waals surface area (Å²) in [6.45, 7) is 5.38. The first kappa shape index (κ1) is 23.8. The van der Waals surface area contributed by atoms with Gasteiger partial charge >= 0.3 is 0 Å². The molecule has 0 saturated heterocycles. The number of aryl methyl sites for hydroxylation is 1. The number of amides is 2. The summed E-state index contributed by atoms with van der Waals surface area (Å²) in [6.07, 6.45) is 5.29. The van der Waals surface area contributed by atoms with E-state index in [1.54, 1.807) is 25.1 Å². The number of rotatable bonds is 8. The third kappa shape index (κ3) is 6.09. The number of halogens is 1. The van der Waals surface area contributed by atoms with E-state index < -0.39 is 11.9 Å². The van der Waals surface area contributed by atoms with Gasteiger partial charge in [0.2, 0.25) is 5.91 Å². The Hall–Kier alpha value is -2.89. The second-order valence-corrected chi connectivity index (χ2v) is 8.62. The summed E-state index contributed by atoms with van der Waals surface area (Å²) in [6, 6.07) is 11.4. The molecule has 0 heterocycles. The van der Waals surface area contributed by atoms with Crippen LogP contribution in [0, 0.1) is 19.7 Å². The molecular weight excluding hydrogens is 407 g/mol. The zero-order valence-corrected chi connectivity index (χ0v) is 19.2. The molecule has 1 atom stereocenters. The third-order valence-corrected chi connectivity index (χ3v) is 6.32. The lowest BCUT2D eigenvalue weighted by Gasteiger charge is -2.31. The van der Waals surface area contributed by atoms with Crippen molar-refractivity contribution in [3.05, 3.63) is 65.0 Å². The van der Waals surface area contributed by atoms with E-state index in [4.69, 9.17) is 4.74 Å². The molecule has 1 saturated carbocycles. The van der Waals surface area contributed by atoms with Gasteiger partial charge in [-0.25, -0.2) is 4.39 Å². The molecule has 172 valence electrons. The molecule has 0 aliphatic heterocycles. The van der Waals surface area contributed by atoms with Gasteiger partial charge in [0.05, 0.1) is 0 Å². The van der Waals surface area contributed by atoms with Crippen LogP contribution in [0.15, 0.2) is 42.5 Å². The highest BCUT2D eigenvalue weighted by Crippen LogP contribution is 2.22. The highest BCUT2D eigenvalue weighted by Gasteiger charge is 2.29. The number of carbonyl (C=O) groups excluding carboxylic acids is 2. The zero-order valence-electron chi connectivity index (χ0n) is 19.2. The van der Waals surface area contributed by atoms with Gasteiger partial charge in [-0.05, 0) is 56.9 Å². The number of hydrogen-bond acceptors (Lipinski definition) is 3. The second-order valence-electron chi connectivity index (χ2n) is 8.62. The van der Waals surface area contributed by atoms with Gasteiger partial charge in [-0.2, -0.15) is 0 Å². The Balaban J connectivity index is 1.74. The monoisotopic (exact) mass is 440 g/mol. The lowest BCUT2D eigenvalue weighted by Crippen LogP contribution is -2.51. The minimum atomic E-state index is -0.744. The molecule has 0 radical (unpaired) electrons. The van der Waals surface area contributed by atoms with Crippen LogP contribution in [0.5, 0.6) is 5.75 Å². The van der Waals surface area contributed by atoms with Crippen LogP contribution >= 0.6 is 0 Å². The van der Waals surface area contributed by atoms with Crippen molar-refractivity contribution in [2.45, 2.75) is 71.5 Å². The van der Waals surface area contributed by atoms with E-state index in [2.05, 4.69) is 5.32 Å². The van der Waals surface area contributed by atoms with E-state index in [1.807, 2.05) is 32.0 Å². The highest BCUT2D eigenvalue weighted by atomic mass is 19.1. The van der Waals surface area contributed by atoms with Gasteiger partial charge in [-0.1, -0.05) is 49.6 Å². The van der Waals surface area contributed by atoms with E-state index in [1.165, 1.54) is 17.4 Å². The van der Waals surface area contributed by atoms with Gasteiger partial charge in [0.25, 0.3) is 5.91 Å². The molecule has 3 rings (SSSR count). The van der Waals surface area contributed by atoms with Crippen LogP contribution in [0.25, 0.3) is 0 Å². The minimum Gasteiger partial charge on any atom is -0.483 e. The molecule has 2 amide bonds. The molecule has 2 aromatic carbocycles.